The molecule has 0 spiro atoms. The number of amides is 2. The second-order valence-electron chi connectivity index (χ2n) is 6.83. The van der Waals surface area contributed by atoms with Crippen LogP contribution >= 0.6 is 0 Å². The summed E-state index contributed by atoms with van der Waals surface area (Å²) in [6, 6.07) is 5.44. The zero-order valence-electron chi connectivity index (χ0n) is 16.3. The average molecular weight is 396 g/mol. The average Bonchev–Trinajstić information content (AvgIpc) is 3.07. The first kappa shape index (κ1) is 18.7. The topological polar surface area (TPSA) is 122 Å². The van der Waals surface area contributed by atoms with Gasteiger partial charge in [0.05, 0.1) is 11.4 Å². The molecule has 1 aliphatic heterocycles. The quantitative estimate of drug-likeness (QED) is 0.677. The Bertz CT molecular complexity index is 1200. The third kappa shape index (κ3) is 3.33. The number of carbonyl (C=O) groups is 2. The Labute approximate surface area is 165 Å². The lowest BCUT2D eigenvalue weighted by Gasteiger charge is -2.29. The molecule has 150 valence electrons. The first-order valence-electron chi connectivity index (χ1n) is 9.19. The third-order valence-electron chi connectivity index (χ3n) is 4.77. The van der Waals surface area contributed by atoms with Crippen molar-refractivity contribution in [3.05, 3.63) is 45.4 Å². The number of fused-ring (bicyclic) bond motifs is 2. The molecule has 10 nitrogen and oxygen atoms in total. The van der Waals surface area contributed by atoms with Crippen molar-refractivity contribution in [1.29, 1.82) is 0 Å². The molecule has 1 aromatic carbocycles. The van der Waals surface area contributed by atoms with E-state index in [9.17, 15) is 14.4 Å². The monoisotopic (exact) mass is 396 g/mol. The van der Waals surface area contributed by atoms with Gasteiger partial charge in [-0.3, -0.25) is 29.7 Å². The maximum Gasteiger partial charge on any atom is 0.277 e. The summed E-state index contributed by atoms with van der Waals surface area (Å²) in [6.07, 6.45) is 0.541. The van der Waals surface area contributed by atoms with Crippen molar-refractivity contribution in [2.75, 3.05) is 23.4 Å². The van der Waals surface area contributed by atoms with Gasteiger partial charge in [0, 0.05) is 5.56 Å². The summed E-state index contributed by atoms with van der Waals surface area (Å²) < 4.78 is 6.61. The molecule has 3 heterocycles. The van der Waals surface area contributed by atoms with Gasteiger partial charge in [-0.25, -0.2) is 4.98 Å². The van der Waals surface area contributed by atoms with E-state index >= 15 is 0 Å². The number of H-pyrrole nitrogens is 1. The summed E-state index contributed by atoms with van der Waals surface area (Å²) >= 11 is 0. The molecule has 3 aromatic rings. The normalized spacial score (nSPS) is 13.3. The molecule has 0 aliphatic carbocycles. The number of anilines is 2. The van der Waals surface area contributed by atoms with Crippen molar-refractivity contribution < 1.29 is 14.3 Å². The highest BCUT2D eigenvalue weighted by Crippen LogP contribution is 2.32. The van der Waals surface area contributed by atoms with E-state index in [1.54, 1.807) is 19.1 Å². The van der Waals surface area contributed by atoms with Crippen LogP contribution in [-0.4, -0.2) is 44.5 Å². The number of hydrogen-bond acceptors (Lipinski definition) is 6. The molecule has 10 heteroatoms. The van der Waals surface area contributed by atoms with Crippen LogP contribution in [0.25, 0.3) is 5.78 Å². The smallest absolute Gasteiger partial charge is 0.277 e. The molecule has 2 aromatic heterocycles. The van der Waals surface area contributed by atoms with Crippen LogP contribution in [0.2, 0.25) is 0 Å². The Balaban J connectivity index is 1.58. The molecule has 0 radical (unpaired) electrons. The second-order valence-corrected chi connectivity index (χ2v) is 6.83. The van der Waals surface area contributed by atoms with E-state index in [4.69, 9.17) is 4.74 Å². The van der Waals surface area contributed by atoms with E-state index in [0.717, 1.165) is 5.56 Å². The van der Waals surface area contributed by atoms with Crippen LogP contribution in [-0.2, 0) is 16.0 Å². The number of benzene rings is 1. The zero-order valence-corrected chi connectivity index (χ0v) is 16.3. The molecule has 29 heavy (non-hydrogen) atoms. The predicted octanol–water partition coefficient (Wildman–Crippen LogP) is 0.961. The van der Waals surface area contributed by atoms with E-state index in [0.29, 0.717) is 29.1 Å². The summed E-state index contributed by atoms with van der Waals surface area (Å²) in [4.78, 5) is 47.1. The molecule has 4 rings (SSSR count). The van der Waals surface area contributed by atoms with Crippen molar-refractivity contribution in [1.82, 2.24) is 19.6 Å². The van der Waals surface area contributed by atoms with Gasteiger partial charge in [0.2, 0.25) is 11.9 Å². The zero-order chi connectivity index (χ0) is 20.7. The fourth-order valence-corrected chi connectivity index (χ4v) is 3.32. The van der Waals surface area contributed by atoms with Crippen molar-refractivity contribution in [2.45, 2.75) is 27.2 Å². The number of aromatic amines is 1. The van der Waals surface area contributed by atoms with Gasteiger partial charge in [0.1, 0.15) is 12.3 Å². The van der Waals surface area contributed by atoms with Gasteiger partial charge in [-0.1, -0.05) is 13.0 Å². The molecule has 2 amide bonds. The highest BCUT2D eigenvalue weighted by molar-refractivity contribution is 6.04. The van der Waals surface area contributed by atoms with Crippen LogP contribution in [0.1, 0.15) is 23.7 Å². The van der Waals surface area contributed by atoms with Crippen molar-refractivity contribution in [2.24, 2.45) is 0 Å². The highest BCUT2D eigenvalue weighted by atomic mass is 16.5. The second kappa shape index (κ2) is 7.04. The fraction of sp³-hybridized carbons (Fsp3) is 0.316. The third-order valence-corrected chi connectivity index (χ3v) is 4.77. The fourth-order valence-electron chi connectivity index (χ4n) is 3.32. The number of carbonyl (C=O) groups excluding carboxylic acids is 2. The number of nitrogens with one attached hydrogen (secondary N) is 2. The predicted molar refractivity (Wildman–Crippen MR) is 105 cm³/mol. The maximum atomic E-state index is 12.6. The van der Waals surface area contributed by atoms with Gasteiger partial charge in [0.15, 0.2) is 6.61 Å². The van der Waals surface area contributed by atoms with E-state index in [-0.39, 0.29) is 36.3 Å². The minimum atomic E-state index is -0.466. The molecule has 1 aliphatic rings. The summed E-state index contributed by atoms with van der Waals surface area (Å²) in [5.74, 6) is 0.0158. The number of aryl methyl sites for hydroxylation is 2. The molecule has 0 unspecified atom stereocenters. The van der Waals surface area contributed by atoms with Crippen LogP contribution in [0, 0.1) is 13.8 Å². The number of ether oxygens (including phenoxy) is 1. The molecule has 0 atom stereocenters. The van der Waals surface area contributed by atoms with E-state index in [1.165, 1.54) is 9.42 Å². The Morgan fingerprint density at radius 2 is 2.07 bits per heavy atom. The number of nitrogens with zero attached hydrogens (tertiary/aromatic N) is 4. The Hall–Kier alpha value is -3.69. The lowest BCUT2D eigenvalue weighted by atomic mass is 10.1. The van der Waals surface area contributed by atoms with Gasteiger partial charge in [0.25, 0.3) is 17.2 Å². The summed E-state index contributed by atoms with van der Waals surface area (Å²) in [5.41, 5.74) is 2.41. The number of aromatic nitrogens is 4. The van der Waals surface area contributed by atoms with E-state index < -0.39 is 5.91 Å². The van der Waals surface area contributed by atoms with E-state index in [1.807, 2.05) is 19.9 Å². The standard InChI is InChI=1S/C19H20N6O4/c1-4-12-11(3)20-19-22-18(23-25(19)17(12)28)21-15(26)8-24-13-7-10(2)5-6-14(13)29-9-16(24)27/h5-7H,4,8-9H2,1-3H3,(H2,20,21,22,23,26). The van der Waals surface area contributed by atoms with Crippen molar-refractivity contribution in [3.63, 3.8) is 0 Å². The molecular weight excluding hydrogens is 376 g/mol. The van der Waals surface area contributed by atoms with Crippen LogP contribution < -0.4 is 20.5 Å². The molecule has 0 saturated carbocycles. The van der Waals surface area contributed by atoms with Gasteiger partial charge >= 0.3 is 0 Å². The van der Waals surface area contributed by atoms with Crippen LogP contribution in [0.15, 0.2) is 23.0 Å². The molecular formula is C19H20N6O4. The molecule has 2 N–H and O–H groups in total. The van der Waals surface area contributed by atoms with Crippen LogP contribution in [0.3, 0.4) is 0 Å². The van der Waals surface area contributed by atoms with Gasteiger partial charge in [-0.05, 0) is 38.0 Å². The summed E-state index contributed by atoms with van der Waals surface area (Å²) in [7, 11) is 0. The Kier molecular flexibility index (Phi) is 4.53. The minimum absolute atomic E-state index is 0.0810. The maximum absolute atomic E-state index is 12.6. The molecule has 0 bridgehead atoms. The van der Waals surface area contributed by atoms with Gasteiger partial charge < -0.3 is 4.74 Å². The van der Waals surface area contributed by atoms with Gasteiger partial charge in [-0.15, -0.1) is 0 Å². The minimum Gasteiger partial charge on any atom is -0.482 e. The van der Waals surface area contributed by atoms with E-state index in [2.05, 4.69) is 20.4 Å². The first-order chi connectivity index (χ1) is 13.9. The summed E-state index contributed by atoms with van der Waals surface area (Å²) in [5, 5.41) is 5.33. The first-order valence-corrected chi connectivity index (χ1v) is 9.19. The Morgan fingerprint density at radius 1 is 1.28 bits per heavy atom. The van der Waals surface area contributed by atoms with Gasteiger partial charge in [-0.2, -0.15) is 9.50 Å². The lowest BCUT2D eigenvalue weighted by Crippen LogP contribution is -2.43. The number of hydrogen-bond donors (Lipinski definition) is 2. The molecule has 0 saturated heterocycles. The van der Waals surface area contributed by atoms with Crippen LogP contribution in [0.5, 0.6) is 5.75 Å². The largest absolute Gasteiger partial charge is 0.482 e. The summed E-state index contributed by atoms with van der Waals surface area (Å²) in [6.45, 7) is 5.17. The number of rotatable bonds is 4. The van der Waals surface area contributed by atoms with Crippen LogP contribution in [0.4, 0.5) is 11.6 Å². The lowest BCUT2D eigenvalue weighted by molar-refractivity contribution is -0.123. The van der Waals surface area contributed by atoms with Crippen molar-refractivity contribution >= 4 is 29.2 Å². The SMILES string of the molecule is CCc1c(C)nc2nc(NC(=O)CN3C(=O)COc4ccc(C)cc43)[nH]n2c1=O. The highest BCUT2D eigenvalue weighted by Gasteiger charge is 2.27. The molecule has 0 fully saturated rings. The van der Waals surface area contributed by atoms with Crippen molar-refractivity contribution in [3.8, 4) is 5.75 Å². The Morgan fingerprint density at radius 3 is 2.83 bits per heavy atom.